The fraction of sp³-hybridized carbons (Fsp3) is 0.417. The molecule has 1 aromatic rings. The Morgan fingerprint density at radius 2 is 1.94 bits per heavy atom. The average molecular weight is 236 g/mol. The Hall–Kier alpha value is -1.91. The number of aromatic nitrogens is 1. The summed E-state index contributed by atoms with van der Waals surface area (Å²) in [5.41, 5.74) is 0.0520. The molecule has 0 unspecified atom stereocenters. The van der Waals surface area contributed by atoms with Crippen molar-refractivity contribution in [3.05, 3.63) is 29.6 Å². The lowest BCUT2D eigenvalue weighted by atomic mass is 10.2. The monoisotopic (exact) mass is 236 g/mol. The Bertz CT molecular complexity index is 430. The highest BCUT2D eigenvalue weighted by atomic mass is 16.4. The minimum atomic E-state index is -1.13. The van der Waals surface area contributed by atoms with Crippen LogP contribution in [0.25, 0.3) is 0 Å². The lowest BCUT2D eigenvalue weighted by molar-refractivity contribution is 0.0689. The zero-order valence-electron chi connectivity index (χ0n) is 10.2. The topological polar surface area (TPSA) is 70.5 Å². The maximum Gasteiger partial charge on any atom is 0.354 e. The first-order chi connectivity index (χ1) is 7.97. The molecular weight excluding hydrogens is 220 g/mol. The molecule has 0 bridgehead atoms. The zero-order chi connectivity index (χ0) is 13.0. The lowest BCUT2D eigenvalue weighted by Gasteiger charge is -2.24. The van der Waals surface area contributed by atoms with E-state index in [0.717, 1.165) is 0 Å². The second-order valence-electron chi connectivity index (χ2n) is 3.90. The Kier molecular flexibility index (Phi) is 4.20. The predicted octanol–water partition coefficient (Wildman–Crippen LogP) is 1.65. The molecule has 0 saturated heterocycles. The van der Waals surface area contributed by atoms with E-state index in [2.05, 4.69) is 4.98 Å². The fourth-order valence-corrected chi connectivity index (χ4v) is 1.56. The second-order valence-corrected chi connectivity index (χ2v) is 3.90. The molecule has 1 amide bonds. The molecule has 1 rings (SSSR count). The van der Waals surface area contributed by atoms with E-state index in [4.69, 9.17) is 5.11 Å². The van der Waals surface area contributed by atoms with Gasteiger partial charge in [-0.25, -0.2) is 9.78 Å². The quantitative estimate of drug-likeness (QED) is 0.862. The first-order valence-corrected chi connectivity index (χ1v) is 5.48. The summed E-state index contributed by atoms with van der Waals surface area (Å²) in [5.74, 6) is -1.38. The van der Waals surface area contributed by atoms with Crippen molar-refractivity contribution in [1.82, 2.24) is 9.88 Å². The number of pyridine rings is 1. The summed E-state index contributed by atoms with van der Waals surface area (Å²) in [4.78, 5) is 28.3. The average Bonchev–Trinajstić information content (AvgIpc) is 2.29. The molecular formula is C12H16N2O3. The molecule has 0 spiro atoms. The minimum Gasteiger partial charge on any atom is -0.477 e. The highest BCUT2D eigenvalue weighted by Crippen LogP contribution is 2.07. The highest BCUT2D eigenvalue weighted by Gasteiger charge is 2.19. The SMILES string of the molecule is CCN(C(=O)c1cccc(C(=O)O)n1)C(C)C. The summed E-state index contributed by atoms with van der Waals surface area (Å²) in [5, 5.41) is 8.81. The molecule has 1 aromatic heterocycles. The number of rotatable bonds is 4. The third-order valence-corrected chi connectivity index (χ3v) is 2.41. The molecule has 17 heavy (non-hydrogen) atoms. The van der Waals surface area contributed by atoms with Crippen molar-refractivity contribution in [2.45, 2.75) is 26.8 Å². The van der Waals surface area contributed by atoms with Crippen LogP contribution in [0.3, 0.4) is 0 Å². The van der Waals surface area contributed by atoms with Crippen LogP contribution in [-0.4, -0.2) is 39.5 Å². The van der Waals surface area contributed by atoms with Gasteiger partial charge in [0.1, 0.15) is 11.4 Å². The summed E-state index contributed by atoms with van der Waals surface area (Å²) >= 11 is 0. The summed E-state index contributed by atoms with van der Waals surface area (Å²) in [6.45, 7) is 6.25. The van der Waals surface area contributed by atoms with Crippen molar-refractivity contribution in [3.63, 3.8) is 0 Å². The number of amides is 1. The Morgan fingerprint density at radius 3 is 2.41 bits per heavy atom. The summed E-state index contributed by atoms with van der Waals surface area (Å²) < 4.78 is 0. The lowest BCUT2D eigenvalue weighted by Crippen LogP contribution is -2.37. The van der Waals surface area contributed by atoms with Gasteiger partial charge in [-0.2, -0.15) is 0 Å². The Morgan fingerprint density at radius 1 is 1.35 bits per heavy atom. The van der Waals surface area contributed by atoms with E-state index in [9.17, 15) is 9.59 Å². The van der Waals surface area contributed by atoms with Crippen LogP contribution in [0.15, 0.2) is 18.2 Å². The van der Waals surface area contributed by atoms with Gasteiger partial charge in [0.2, 0.25) is 0 Å². The molecule has 0 aliphatic carbocycles. The van der Waals surface area contributed by atoms with Gasteiger partial charge in [0.05, 0.1) is 0 Å². The molecule has 1 heterocycles. The van der Waals surface area contributed by atoms with Crippen LogP contribution >= 0.6 is 0 Å². The van der Waals surface area contributed by atoms with Gasteiger partial charge < -0.3 is 10.0 Å². The standard InChI is InChI=1S/C12H16N2O3/c1-4-14(8(2)3)11(15)9-6-5-7-10(13-9)12(16)17/h5-8H,4H2,1-3H3,(H,16,17). The molecule has 1 N–H and O–H groups in total. The van der Waals surface area contributed by atoms with Crippen LogP contribution in [0.4, 0.5) is 0 Å². The number of carboxylic acids is 1. The van der Waals surface area contributed by atoms with E-state index in [1.165, 1.54) is 18.2 Å². The molecule has 0 saturated carbocycles. The summed E-state index contributed by atoms with van der Waals surface area (Å²) in [7, 11) is 0. The number of aromatic carboxylic acids is 1. The Balaban J connectivity index is 3.03. The Labute approximate surface area is 100 Å². The van der Waals surface area contributed by atoms with E-state index >= 15 is 0 Å². The van der Waals surface area contributed by atoms with E-state index in [-0.39, 0.29) is 23.3 Å². The molecule has 0 aromatic carbocycles. The van der Waals surface area contributed by atoms with Gasteiger partial charge >= 0.3 is 5.97 Å². The number of hydrogen-bond donors (Lipinski definition) is 1. The van der Waals surface area contributed by atoms with Crippen molar-refractivity contribution < 1.29 is 14.7 Å². The summed E-state index contributed by atoms with van der Waals surface area (Å²) in [6, 6.07) is 4.48. The zero-order valence-corrected chi connectivity index (χ0v) is 10.2. The van der Waals surface area contributed by atoms with Crippen molar-refractivity contribution >= 4 is 11.9 Å². The van der Waals surface area contributed by atoms with Gasteiger partial charge in [0.25, 0.3) is 5.91 Å². The molecule has 0 fully saturated rings. The molecule has 5 nitrogen and oxygen atoms in total. The third-order valence-electron chi connectivity index (χ3n) is 2.41. The van der Waals surface area contributed by atoms with Crippen LogP contribution < -0.4 is 0 Å². The van der Waals surface area contributed by atoms with Gasteiger partial charge in [-0.15, -0.1) is 0 Å². The van der Waals surface area contributed by atoms with Crippen molar-refractivity contribution in [2.75, 3.05) is 6.54 Å². The van der Waals surface area contributed by atoms with Crippen LogP contribution in [0.1, 0.15) is 41.7 Å². The number of carboxylic acid groups (broad SMARTS) is 1. The number of carbonyl (C=O) groups excluding carboxylic acids is 1. The number of nitrogens with zero attached hydrogens (tertiary/aromatic N) is 2. The first kappa shape index (κ1) is 13.2. The second kappa shape index (κ2) is 5.43. The highest BCUT2D eigenvalue weighted by molar-refractivity contribution is 5.94. The van der Waals surface area contributed by atoms with E-state index in [0.29, 0.717) is 6.54 Å². The van der Waals surface area contributed by atoms with Crippen LogP contribution in [0.5, 0.6) is 0 Å². The molecule has 0 radical (unpaired) electrons. The van der Waals surface area contributed by atoms with Gasteiger partial charge in [-0.3, -0.25) is 4.79 Å². The van der Waals surface area contributed by atoms with Gasteiger partial charge in [0, 0.05) is 12.6 Å². The third kappa shape index (κ3) is 3.03. The van der Waals surface area contributed by atoms with Crippen molar-refractivity contribution in [2.24, 2.45) is 0 Å². The summed E-state index contributed by atoms with van der Waals surface area (Å²) in [6.07, 6.45) is 0. The maximum absolute atomic E-state index is 12.1. The fourth-order valence-electron chi connectivity index (χ4n) is 1.56. The molecule has 5 heteroatoms. The first-order valence-electron chi connectivity index (χ1n) is 5.48. The number of carbonyl (C=O) groups is 2. The van der Waals surface area contributed by atoms with E-state index in [1.54, 1.807) is 4.90 Å². The van der Waals surface area contributed by atoms with Gasteiger partial charge in [-0.05, 0) is 32.9 Å². The van der Waals surface area contributed by atoms with E-state index < -0.39 is 5.97 Å². The van der Waals surface area contributed by atoms with Crippen LogP contribution in [0.2, 0.25) is 0 Å². The molecule has 0 atom stereocenters. The van der Waals surface area contributed by atoms with E-state index in [1.807, 2.05) is 20.8 Å². The molecule has 92 valence electrons. The molecule has 0 aliphatic rings. The largest absolute Gasteiger partial charge is 0.477 e. The van der Waals surface area contributed by atoms with Crippen molar-refractivity contribution in [1.29, 1.82) is 0 Å². The predicted molar refractivity (Wildman–Crippen MR) is 63.0 cm³/mol. The normalized spacial score (nSPS) is 10.4. The maximum atomic E-state index is 12.1. The van der Waals surface area contributed by atoms with Crippen LogP contribution in [-0.2, 0) is 0 Å². The minimum absolute atomic E-state index is 0.0581. The molecule has 0 aliphatic heterocycles. The van der Waals surface area contributed by atoms with Gasteiger partial charge in [0.15, 0.2) is 0 Å². The smallest absolute Gasteiger partial charge is 0.354 e. The van der Waals surface area contributed by atoms with Crippen LogP contribution in [0, 0.1) is 0 Å². The van der Waals surface area contributed by atoms with Gasteiger partial charge in [-0.1, -0.05) is 6.07 Å². The number of hydrogen-bond acceptors (Lipinski definition) is 3. The van der Waals surface area contributed by atoms with Crippen molar-refractivity contribution in [3.8, 4) is 0 Å².